The van der Waals surface area contributed by atoms with Crippen LogP contribution in [0, 0.1) is 0 Å². The van der Waals surface area contributed by atoms with E-state index in [9.17, 15) is 5.11 Å². The summed E-state index contributed by atoms with van der Waals surface area (Å²) in [6.07, 6.45) is 8.13. The predicted molar refractivity (Wildman–Crippen MR) is 70.7 cm³/mol. The Morgan fingerprint density at radius 3 is 2.89 bits per heavy atom. The van der Waals surface area contributed by atoms with E-state index < -0.39 is 0 Å². The van der Waals surface area contributed by atoms with Crippen LogP contribution >= 0.6 is 0 Å². The van der Waals surface area contributed by atoms with Crippen LogP contribution in [0.3, 0.4) is 0 Å². The number of methoxy groups -OCH3 is 1. The average Bonchev–Trinajstić information content (AvgIpc) is 2.96. The number of aliphatic hydroxyl groups is 1. The number of nitrogens with one attached hydrogen (secondary N) is 1. The summed E-state index contributed by atoms with van der Waals surface area (Å²) in [6, 6.07) is 0. The van der Waals surface area contributed by atoms with Crippen LogP contribution in [0.4, 0.5) is 0 Å². The third-order valence-corrected chi connectivity index (χ3v) is 4.25. The van der Waals surface area contributed by atoms with Gasteiger partial charge in [0.05, 0.1) is 24.4 Å². The van der Waals surface area contributed by atoms with Crippen LogP contribution in [0.1, 0.15) is 44.9 Å². The lowest BCUT2D eigenvalue weighted by Gasteiger charge is -2.24. The molecular weight excluding hydrogens is 230 g/mol. The van der Waals surface area contributed by atoms with Gasteiger partial charge in [0.1, 0.15) is 0 Å². The topological polar surface area (TPSA) is 50.7 Å². The summed E-state index contributed by atoms with van der Waals surface area (Å²) < 4.78 is 11.1. The monoisotopic (exact) mass is 257 g/mol. The van der Waals surface area contributed by atoms with Crippen molar-refractivity contribution in [3.05, 3.63) is 0 Å². The molecule has 2 aliphatic rings. The average molecular weight is 257 g/mol. The molecule has 106 valence electrons. The molecule has 4 nitrogen and oxygen atoms in total. The molecule has 1 aliphatic heterocycles. The maximum Gasteiger partial charge on any atom is 0.0689 e. The van der Waals surface area contributed by atoms with Crippen molar-refractivity contribution in [3.63, 3.8) is 0 Å². The first-order valence-electron chi connectivity index (χ1n) is 7.30. The quantitative estimate of drug-likeness (QED) is 0.678. The highest BCUT2D eigenvalue weighted by Crippen LogP contribution is 2.44. The Hall–Kier alpha value is -0.160. The van der Waals surface area contributed by atoms with Crippen LogP contribution in [0.25, 0.3) is 0 Å². The SMILES string of the molecule is COCCNCC(O)CC1CCC2(CCCC2)O1. The third kappa shape index (κ3) is 3.92. The number of hydrogen-bond donors (Lipinski definition) is 2. The minimum atomic E-state index is -0.302. The molecular formula is C14H27NO3. The van der Waals surface area contributed by atoms with Crippen LogP contribution in [0.15, 0.2) is 0 Å². The first kappa shape index (κ1) is 14.3. The van der Waals surface area contributed by atoms with Crippen LogP contribution < -0.4 is 5.32 Å². The predicted octanol–water partition coefficient (Wildman–Crippen LogP) is 1.47. The molecule has 2 rings (SSSR count). The third-order valence-electron chi connectivity index (χ3n) is 4.25. The van der Waals surface area contributed by atoms with Gasteiger partial charge in [0.2, 0.25) is 0 Å². The molecule has 1 aliphatic carbocycles. The molecule has 0 radical (unpaired) electrons. The zero-order chi connectivity index (χ0) is 12.8. The van der Waals surface area contributed by atoms with Gasteiger partial charge in [-0.15, -0.1) is 0 Å². The Morgan fingerprint density at radius 1 is 1.39 bits per heavy atom. The summed E-state index contributed by atoms with van der Waals surface area (Å²) in [5.41, 5.74) is 0.188. The smallest absolute Gasteiger partial charge is 0.0689 e. The molecule has 4 heteroatoms. The van der Waals surface area contributed by atoms with Gasteiger partial charge in [-0.2, -0.15) is 0 Å². The molecule has 2 atom stereocenters. The number of hydrogen-bond acceptors (Lipinski definition) is 4. The zero-order valence-electron chi connectivity index (χ0n) is 11.5. The number of rotatable bonds is 7. The Balaban J connectivity index is 1.61. The van der Waals surface area contributed by atoms with Crippen molar-refractivity contribution < 1.29 is 14.6 Å². The molecule has 2 unspecified atom stereocenters. The summed E-state index contributed by atoms with van der Waals surface area (Å²) in [7, 11) is 1.69. The molecule has 1 saturated carbocycles. The minimum Gasteiger partial charge on any atom is -0.392 e. The van der Waals surface area contributed by atoms with Crippen molar-refractivity contribution >= 4 is 0 Å². The van der Waals surface area contributed by atoms with E-state index in [4.69, 9.17) is 9.47 Å². The molecule has 1 heterocycles. The molecule has 0 aromatic heterocycles. The first-order valence-corrected chi connectivity index (χ1v) is 7.30. The van der Waals surface area contributed by atoms with Crippen molar-refractivity contribution in [2.45, 2.75) is 62.8 Å². The van der Waals surface area contributed by atoms with Crippen LogP contribution in [-0.4, -0.2) is 49.7 Å². The van der Waals surface area contributed by atoms with E-state index in [2.05, 4.69) is 5.32 Å². The lowest BCUT2D eigenvalue weighted by Crippen LogP contribution is -2.33. The summed E-state index contributed by atoms with van der Waals surface area (Å²) in [5.74, 6) is 0. The van der Waals surface area contributed by atoms with Crippen LogP contribution in [-0.2, 0) is 9.47 Å². The van der Waals surface area contributed by atoms with Crippen LogP contribution in [0.2, 0.25) is 0 Å². The second kappa shape index (κ2) is 6.85. The van der Waals surface area contributed by atoms with E-state index in [0.29, 0.717) is 13.2 Å². The molecule has 1 saturated heterocycles. The van der Waals surface area contributed by atoms with Gasteiger partial charge < -0.3 is 19.9 Å². The molecule has 0 aromatic carbocycles. The fraction of sp³-hybridized carbons (Fsp3) is 1.00. The second-order valence-electron chi connectivity index (χ2n) is 5.76. The van der Waals surface area contributed by atoms with Crippen molar-refractivity contribution in [2.75, 3.05) is 26.8 Å². The van der Waals surface area contributed by atoms with Gasteiger partial charge in [0.25, 0.3) is 0 Å². The van der Waals surface area contributed by atoms with Crippen molar-refractivity contribution in [3.8, 4) is 0 Å². The zero-order valence-corrected chi connectivity index (χ0v) is 11.5. The van der Waals surface area contributed by atoms with Crippen molar-refractivity contribution in [1.29, 1.82) is 0 Å². The highest BCUT2D eigenvalue weighted by atomic mass is 16.5. The summed E-state index contributed by atoms with van der Waals surface area (Å²) >= 11 is 0. The summed E-state index contributed by atoms with van der Waals surface area (Å²) in [5, 5.41) is 13.1. The lowest BCUT2D eigenvalue weighted by atomic mass is 9.98. The molecule has 2 N–H and O–H groups in total. The van der Waals surface area contributed by atoms with Crippen molar-refractivity contribution in [2.24, 2.45) is 0 Å². The molecule has 0 amide bonds. The Bertz CT molecular complexity index is 241. The van der Waals surface area contributed by atoms with E-state index in [-0.39, 0.29) is 17.8 Å². The maximum atomic E-state index is 9.96. The Kier molecular flexibility index (Phi) is 5.42. The van der Waals surface area contributed by atoms with Crippen molar-refractivity contribution in [1.82, 2.24) is 5.32 Å². The normalized spacial score (nSPS) is 28.0. The summed E-state index contributed by atoms with van der Waals surface area (Å²) in [4.78, 5) is 0. The fourth-order valence-corrected chi connectivity index (χ4v) is 3.28. The molecule has 18 heavy (non-hydrogen) atoms. The molecule has 0 bridgehead atoms. The number of ether oxygens (including phenoxy) is 2. The number of aliphatic hydroxyl groups excluding tert-OH is 1. The van der Waals surface area contributed by atoms with Gasteiger partial charge in [-0.3, -0.25) is 0 Å². The Labute approximate surface area is 110 Å². The van der Waals surface area contributed by atoms with E-state index in [1.165, 1.54) is 32.1 Å². The van der Waals surface area contributed by atoms with E-state index in [0.717, 1.165) is 19.4 Å². The van der Waals surface area contributed by atoms with Gasteiger partial charge in [0.15, 0.2) is 0 Å². The highest BCUT2D eigenvalue weighted by molar-refractivity contribution is 4.93. The largest absolute Gasteiger partial charge is 0.392 e. The van der Waals surface area contributed by atoms with Gasteiger partial charge >= 0.3 is 0 Å². The van der Waals surface area contributed by atoms with Gasteiger partial charge in [-0.1, -0.05) is 12.8 Å². The van der Waals surface area contributed by atoms with Gasteiger partial charge in [-0.25, -0.2) is 0 Å². The van der Waals surface area contributed by atoms with Crippen LogP contribution in [0.5, 0.6) is 0 Å². The molecule has 1 spiro atoms. The van der Waals surface area contributed by atoms with E-state index in [1.807, 2.05) is 0 Å². The first-order chi connectivity index (χ1) is 8.74. The van der Waals surface area contributed by atoms with Gasteiger partial charge in [-0.05, 0) is 25.7 Å². The van der Waals surface area contributed by atoms with E-state index >= 15 is 0 Å². The standard InChI is InChI=1S/C14H27NO3/c1-17-9-8-15-11-12(16)10-13-4-7-14(18-13)5-2-3-6-14/h12-13,15-16H,2-11H2,1H3. The Morgan fingerprint density at radius 2 is 2.17 bits per heavy atom. The fourth-order valence-electron chi connectivity index (χ4n) is 3.28. The second-order valence-corrected chi connectivity index (χ2v) is 5.76. The van der Waals surface area contributed by atoms with Gasteiger partial charge in [0, 0.05) is 26.6 Å². The minimum absolute atomic E-state index is 0.188. The van der Waals surface area contributed by atoms with E-state index in [1.54, 1.807) is 7.11 Å². The highest BCUT2D eigenvalue weighted by Gasteiger charge is 2.42. The maximum absolute atomic E-state index is 9.96. The molecule has 0 aromatic rings. The molecule has 2 fully saturated rings. The lowest BCUT2D eigenvalue weighted by molar-refractivity contribution is -0.0518. The summed E-state index contributed by atoms with van der Waals surface area (Å²) in [6.45, 7) is 2.12.